The second-order valence-electron chi connectivity index (χ2n) is 5.50. The van der Waals surface area contributed by atoms with Gasteiger partial charge in [0, 0.05) is 10.7 Å². The van der Waals surface area contributed by atoms with Crippen LogP contribution in [0.25, 0.3) is 0 Å². The molecule has 0 aliphatic carbocycles. The van der Waals surface area contributed by atoms with Gasteiger partial charge in [0.05, 0.1) is 12.4 Å². The van der Waals surface area contributed by atoms with E-state index in [1.54, 1.807) is 0 Å². The molecule has 0 aliphatic rings. The van der Waals surface area contributed by atoms with E-state index < -0.39 is 9.05 Å². The second kappa shape index (κ2) is 7.89. The molecule has 20 heavy (non-hydrogen) atoms. The molecule has 0 bridgehead atoms. The van der Waals surface area contributed by atoms with Crippen LogP contribution in [0.15, 0.2) is 24.3 Å². The van der Waals surface area contributed by atoms with Crippen molar-refractivity contribution in [3.05, 3.63) is 29.8 Å². The Balaban J connectivity index is 2.35. The van der Waals surface area contributed by atoms with E-state index in [2.05, 4.69) is 26.0 Å². The normalized spacial score (nSPS) is 13.4. The molecule has 0 amide bonds. The van der Waals surface area contributed by atoms with E-state index in [9.17, 15) is 8.42 Å². The van der Waals surface area contributed by atoms with Gasteiger partial charge in [-0.25, -0.2) is 8.42 Å². The third-order valence-electron chi connectivity index (χ3n) is 3.26. The minimum Gasteiger partial charge on any atom is -0.494 e. The lowest BCUT2D eigenvalue weighted by Gasteiger charge is -2.13. The fourth-order valence-corrected chi connectivity index (χ4v) is 2.78. The molecular formula is C15H23ClO3S. The van der Waals surface area contributed by atoms with Crippen molar-refractivity contribution in [2.45, 2.75) is 39.5 Å². The fraction of sp³-hybridized carbons (Fsp3) is 0.600. The third kappa shape index (κ3) is 7.15. The maximum Gasteiger partial charge on any atom is 0.232 e. The molecule has 0 radical (unpaired) electrons. The van der Waals surface area contributed by atoms with Crippen LogP contribution in [0.2, 0.25) is 0 Å². The lowest BCUT2D eigenvalue weighted by atomic mass is 10.0. The first-order chi connectivity index (χ1) is 9.28. The summed E-state index contributed by atoms with van der Waals surface area (Å²) in [6, 6.07) is 8.08. The molecule has 0 saturated heterocycles. The topological polar surface area (TPSA) is 43.4 Å². The van der Waals surface area contributed by atoms with Crippen LogP contribution >= 0.6 is 10.7 Å². The van der Waals surface area contributed by atoms with Gasteiger partial charge in [0.15, 0.2) is 0 Å². The zero-order chi connectivity index (χ0) is 15.2. The van der Waals surface area contributed by atoms with Gasteiger partial charge in [0.2, 0.25) is 9.05 Å². The van der Waals surface area contributed by atoms with E-state index >= 15 is 0 Å². The van der Waals surface area contributed by atoms with E-state index in [1.165, 1.54) is 5.56 Å². The smallest absolute Gasteiger partial charge is 0.232 e. The highest BCUT2D eigenvalue weighted by atomic mass is 35.7. The molecule has 0 aliphatic heterocycles. The highest BCUT2D eigenvalue weighted by Gasteiger charge is 2.10. The van der Waals surface area contributed by atoms with Crippen molar-refractivity contribution in [2.24, 2.45) is 5.92 Å². The Morgan fingerprint density at radius 3 is 2.50 bits per heavy atom. The van der Waals surface area contributed by atoms with Crippen molar-refractivity contribution >= 4 is 19.7 Å². The van der Waals surface area contributed by atoms with Crippen LogP contribution in [0.4, 0.5) is 0 Å². The van der Waals surface area contributed by atoms with E-state index in [1.807, 2.05) is 19.1 Å². The predicted molar refractivity (Wildman–Crippen MR) is 84.1 cm³/mol. The molecule has 0 saturated carbocycles. The van der Waals surface area contributed by atoms with Gasteiger partial charge in [-0.15, -0.1) is 0 Å². The summed E-state index contributed by atoms with van der Waals surface area (Å²) in [6.07, 6.45) is 1.39. The fourth-order valence-electron chi connectivity index (χ4n) is 1.83. The van der Waals surface area contributed by atoms with Gasteiger partial charge in [0.25, 0.3) is 0 Å². The van der Waals surface area contributed by atoms with Gasteiger partial charge in [0.1, 0.15) is 5.75 Å². The van der Waals surface area contributed by atoms with Gasteiger partial charge >= 0.3 is 0 Å². The lowest BCUT2D eigenvalue weighted by molar-refractivity contribution is 0.281. The van der Waals surface area contributed by atoms with E-state index in [0.717, 1.165) is 12.2 Å². The van der Waals surface area contributed by atoms with Crippen molar-refractivity contribution in [1.29, 1.82) is 0 Å². The molecule has 1 aromatic rings. The summed E-state index contributed by atoms with van der Waals surface area (Å²) >= 11 is 0. The zero-order valence-corrected chi connectivity index (χ0v) is 13.9. The first-order valence-corrected chi connectivity index (χ1v) is 9.41. The number of benzene rings is 1. The van der Waals surface area contributed by atoms with Gasteiger partial charge in [-0.3, -0.25) is 0 Å². The molecule has 1 unspecified atom stereocenters. The third-order valence-corrected chi connectivity index (χ3v) is 4.44. The molecule has 1 rings (SSSR count). The summed E-state index contributed by atoms with van der Waals surface area (Å²) in [5.74, 6) is 1.65. The predicted octanol–water partition coefficient (Wildman–Crippen LogP) is 4.17. The van der Waals surface area contributed by atoms with Crippen molar-refractivity contribution < 1.29 is 13.2 Å². The monoisotopic (exact) mass is 318 g/mol. The van der Waals surface area contributed by atoms with Crippen LogP contribution in [0.1, 0.15) is 45.1 Å². The van der Waals surface area contributed by atoms with Gasteiger partial charge in [-0.05, 0) is 42.4 Å². The summed E-state index contributed by atoms with van der Waals surface area (Å²) in [5.41, 5.74) is 1.25. The molecule has 0 aromatic heterocycles. The highest BCUT2D eigenvalue weighted by Crippen LogP contribution is 2.20. The average molecular weight is 319 g/mol. The summed E-state index contributed by atoms with van der Waals surface area (Å²) < 4.78 is 27.4. The summed E-state index contributed by atoms with van der Waals surface area (Å²) in [5, 5.41) is 0. The second-order valence-corrected chi connectivity index (χ2v) is 8.40. The van der Waals surface area contributed by atoms with Crippen molar-refractivity contribution in [3.63, 3.8) is 0 Å². The van der Waals surface area contributed by atoms with Crippen molar-refractivity contribution in [2.75, 3.05) is 12.4 Å². The maximum atomic E-state index is 10.9. The van der Waals surface area contributed by atoms with Gasteiger partial charge < -0.3 is 4.74 Å². The SMILES string of the molecule is CC(CCOc1cccc(C(C)C)c1)CCS(=O)(=O)Cl. The van der Waals surface area contributed by atoms with Crippen molar-refractivity contribution in [3.8, 4) is 5.75 Å². The number of ether oxygens (including phenoxy) is 1. The minimum absolute atomic E-state index is 0.0263. The number of hydrogen-bond donors (Lipinski definition) is 0. The molecule has 114 valence electrons. The Morgan fingerprint density at radius 1 is 1.20 bits per heavy atom. The summed E-state index contributed by atoms with van der Waals surface area (Å²) in [7, 11) is 1.82. The number of rotatable bonds is 8. The van der Waals surface area contributed by atoms with Crippen LogP contribution < -0.4 is 4.74 Å². The van der Waals surface area contributed by atoms with E-state index in [0.29, 0.717) is 18.9 Å². The maximum absolute atomic E-state index is 10.9. The molecule has 0 heterocycles. The first-order valence-electron chi connectivity index (χ1n) is 6.93. The molecule has 1 aromatic carbocycles. The van der Waals surface area contributed by atoms with Crippen molar-refractivity contribution in [1.82, 2.24) is 0 Å². The molecule has 0 fully saturated rings. The number of halogens is 1. The van der Waals surface area contributed by atoms with Crippen LogP contribution in [0, 0.1) is 5.92 Å². The molecular weight excluding hydrogens is 296 g/mol. The van der Waals surface area contributed by atoms with E-state index in [-0.39, 0.29) is 11.7 Å². The van der Waals surface area contributed by atoms with Crippen LogP contribution in [-0.2, 0) is 9.05 Å². The lowest BCUT2D eigenvalue weighted by Crippen LogP contribution is -2.08. The molecule has 0 spiro atoms. The minimum atomic E-state index is -3.38. The molecule has 3 nitrogen and oxygen atoms in total. The van der Waals surface area contributed by atoms with Gasteiger partial charge in [-0.1, -0.05) is 32.9 Å². The summed E-state index contributed by atoms with van der Waals surface area (Å²) in [6.45, 7) is 6.89. The highest BCUT2D eigenvalue weighted by molar-refractivity contribution is 8.13. The number of hydrogen-bond acceptors (Lipinski definition) is 3. The Kier molecular flexibility index (Phi) is 6.83. The zero-order valence-electron chi connectivity index (χ0n) is 12.3. The first kappa shape index (κ1) is 17.3. The largest absolute Gasteiger partial charge is 0.494 e. The van der Waals surface area contributed by atoms with Gasteiger partial charge in [-0.2, -0.15) is 0 Å². The summed E-state index contributed by atoms with van der Waals surface area (Å²) in [4.78, 5) is 0. The molecule has 5 heteroatoms. The van der Waals surface area contributed by atoms with Crippen LogP contribution in [0.3, 0.4) is 0 Å². The van der Waals surface area contributed by atoms with E-state index in [4.69, 9.17) is 15.4 Å². The Morgan fingerprint density at radius 2 is 1.90 bits per heavy atom. The average Bonchev–Trinajstić information content (AvgIpc) is 2.36. The Hall–Kier alpha value is -0.740. The van der Waals surface area contributed by atoms with Crippen LogP contribution in [0.5, 0.6) is 5.75 Å². The van der Waals surface area contributed by atoms with Crippen LogP contribution in [-0.4, -0.2) is 20.8 Å². The Labute approximate surface area is 126 Å². The standard InChI is InChI=1S/C15H23ClO3S/c1-12(2)14-5-4-6-15(11-14)19-9-7-13(3)8-10-20(16,17)18/h4-6,11-13H,7-10H2,1-3H3. The molecule has 0 N–H and O–H groups in total. The quantitative estimate of drug-likeness (QED) is 0.675. The Bertz CT molecular complexity index is 512. The molecule has 1 atom stereocenters.